The molecule has 4 N–H and O–H groups in total. The second kappa shape index (κ2) is 6.03. The number of ether oxygens (including phenoxy) is 1. The van der Waals surface area contributed by atoms with Gasteiger partial charge in [0.1, 0.15) is 30.5 Å². The standard InChI is InChI=1S/C16H27N5O4Si/c1-14(2,3)15-12(17)18-7-19-13(15)21(8-20-15)16(26(4)5)11(24)10(23)9(6-22)25-16/h7-11,17,22-24,26H,6H2,1-5H3/t9-,10-,11-,15?,16+/m1/s1. The highest BCUT2D eigenvalue weighted by molar-refractivity contribution is 6.60. The van der Waals surface area contributed by atoms with Crippen LogP contribution in [0.4, 0.5) is 0 Å². The van der Waals surface area contributed by atoms with E-state index in [2.05, 4.69) is 15.0 Å². The number of amidine groups is 2. The number of aliphatic hydroxyl groups excluding tert-OH is 3. The van der Waals surface area contributed by atoms with E-state index in [0.29, 0.717) is 5.84 Å². The van der Waals surface area contributed by atoms with E-state index in [1.165, 1.54) is 12.7 Å². The Hall–Kier alpha value is -1.46. The van der Waals surface area contributed by atoms with Crippen molar-refractivity contribution < 1.29 is 20.1 Å². The molecule has 0 aromatic heterocycles. The maximum absolute atomic E-state index is 10.9. The van der Waals surface area contributed by atoms with Gasteiger partial charge in [-0.05, 0) is 0 Å². The molecule has 0 radical (unpaired) electrons. The molecule has 3 aliphatic heterocycles. The number of aliphatic hydroxyl groups is 3. The summed E-state index contributed by atoms with van der Waals surface area (Å²) in [5.41, 5.74) is -1.59. The summed E-state index contributed by atoms with van der Waals surface area (Å²) in [6.45, 7) is 9.44. The molecule has 5 atom stereocenters. The van der Waals surface area contributed by atoms with Crippen LogP contribution in [0.1, 0.15) is 20.8 Å². The van der Waals surface area contributed by atoms with E-state index < -0.39 is 50.0 Å². The van der Waals surface area contributed by atoms with Gasteiger partial charge in [-0.15, -0.1) is 0 Å². The van der Waals surface area contributed by atoms with Crippen LogP contribution in [0.3, 0.4) is 0 Å². The summed E-state index contributed by atoms with van der Waals surface area (Å²) in [5.74, 6) is 0.525. The van der Waals surface area contributed by atoms with E-state index in [0.717, 1.165) is 0 Å². The van der Waals surface area contributed by atoms with Gasteiger partial charge >= 0.3 is 0 Å². The molecule has 0 aromatic carbocycles. The zero-order valence-corrected chi connectivity index (χ0v) is 16.9. The average molecular weight is 382 g/mol. The smallest absolute Gasteiger partial charge is 0.183 e. The lowest BCUT2D eigenvalue weighted by molar-refractivity contribution is -0.0871. The van der Waals surface area contributed by atoms with Gasteiger partial charge in [-0.2, -0.15) is 0 Å². The molecule has 3 aliphatic rings. The molecule has 10 heteroatoms. The number of hydrogen-bond acceptors (Lipinski definition) is 8. The lowest BCUT2D eigenvalue weighted by Crippen LogP contribution is -2.68. The summed E-state index contributed by atoms with van der Waals surface area (Å²) in [5, 5.41) is 38.0. The summed E-state index contributed by atoms with van der Waals surface area (Å²) in [6.07, 6.45) is -0.499. The summed E-state index contributed by atoms with van der Waals surface area (Å²) < 4.78 is 6.06. The second-order valence-electron chi connectivity index (χ2n) is 8.30. The van der Waals surface area contributed by atoms with Gasteiger partial charge in [-0.1, -0.05) is 33.9 Å². The molecular weight excluding hydrogens is 354 g/mol. The van der Waals surface area contributed by atoms with Gasteiger partial charge in [-0.3, -0.25) is 15.3 Å². The van der Waals surface area contributed by atoms with Crippen molar-refractivity contribution in [2.24, 2.45) is 20.4 Å². The van der Waals surface area contributed by atoms with Crippen molar-refractivity contribution in [3.63, 3.8) is 0 Å². The Morgan fingerprint density at radius 2 is 2.00 bits per heavy atom. The first-order chi connectivity index (χ1) is 12.0. The van der Waals surface area contributed by atoms with Gasteiger partial charge in [0, 0.05) is 5.41 Å². The van der Waals surface area contributed by atoms with E-state index in [1.807, 2.05) is 33.9 Å². The van der Waals surface area contributed by atoms with Gasteiger partial charge in [0.2, 0.25) is 0 Å². The Morgan fingerprint density at radius 3 is 2.50 bits per heavy atom. The number of rotatable bonds is 3. The molecule has 3 rings (SSSR count). The van der Waals surface area contributed by atoms with Gasteiger partial charge in [-0.25, -0.2) is 9.98 Å². The van der Waals surface area contributed by atoms with Gasteiger partial charge in [0.05, 0.1) is 21.7 Å². The average Bonchev–Trinajstić information content (AvgIpc) is 3.07. The number of nitrogens with zero attached hydrogens (tertiary/aromatic N) is 4. The molecule has 0 aliphatic carbocycles. The highest BCUT2D eigenvalue weighted by Crippen LogP contribution is 2.46. The highest BCUT2D eigenvalue weighted by Gasteiger charge is 2.65. The van der Waals surface area contributed by atoms with Gasteiger partial charge in [0.25, 0.3) is 0 Å². The van der Waals surface area contributed by atoms with Crippen LogP contribution in [0.2, 0.25) is 13.1 Å². The molecule has 1 unspecified atom stereocenters. The molecular formula is C16H27N5O4Si. The molecule has 9 nitrogen and oxygen atoms in total. The van der Waals surface area contributed by atoms with Crippen molar-refractivity contribution in [3.05, 3.63) is 0 Å². The van der Waals surface area contributed by atoms with Crippen LogP contribution < -0.4 is 0 Å². The van der Waals surface area contributed by atoms with Crippen molar-refractivity contribution in [3.8, 4) is 0 Å². The molecule has 0 bridgehead atoms. The Morgan fingerprint density at radius 1 is 1.35 bits per heavy atom. The van der Waals surface area contributed by atoms with Crippen molar-refractivity contribution in [1.82, 2.24) is 4.90 Å². The third kappa shape index (κ3) is 2.23. The van der Waals surface area contributed by atoms with E-state index in [4.69, 9.17) is 10.1 Å². The Balaban J connectivity index is 2.15. The molecule has 144 valence electrons. The lowest BCUT2D eigenvalue weighted by Gasteiger charge is -2.47. The number of hydrogen-bond donors (Lipinski definition) is 4. The number of aliphatic imine (C=N–C) groups is 3. The molecule has 3 heterocycles. The van der Waals surface area contributed by atoms with Crippen molar-refractivity contribution >= 4 is 33.1 Å². The normalized spacial score (nSPS) is 39.7. The van der Waals surface area contributed by atoms with Crippen LogP contribution in [0, 0.1) is 10.8 Å². The maximum Gasteiger partial charge on any atom is 0.183 e. The van der Waals surface area contributed by atoms with Gasteiger partial charge in [0.15, 0.2) is 16.7 Å². The lowest BCUT2D eigenvalue weighted by atomic mass is 9.72. The highest BCUT2D eigenvalue weighted by atomic mass is 28.3. The van der Waals surface area contributed by atoms with Gasteiger partial charge < -0.3 is 20.1 Å². The van der Waals surface area contributed by atoms with Crippen LogP contribution in [0.5, 0.6) is 0 Å². The summed E-state index contributed by atoms with van der Waals surface area (Å²) in [7, 11) is -1.84. The molecule has 0 amide bonds. The molecule has 1 saturated heterocycles. The minimum absolute atomic E-state index is 0.0704. The van der Waals surface area contributed by atoms with Crippen molar-refractivity contribution in [1.29, 1.82) is 5.41 Å². The number of nitrogens with one attached hydrogen (secondary N) is 1. The number of fused-ring (bicyclic) bond motifs is 1. The van der Waals surface area contributed by atoms with E-state index in [1.54, 1.807) is 4.90 Å². The Bertz CT molecular complexity index is 703. The molecule has 26 heavy (non-hydrogen) atoms. The minimum Gasteiger partial charge on any atom is -0.394 e. The quantitative estimate of drug-likeness (QED) is 0.483. The van der Waals surface area contributed by atoms with Crippen LogP contribution in [-0.4, -0.2) is 89.2 Å². The van der Waals surface area contributed by atoms with E-state index in [-0.39, 0.29) is 5.84 Å². The molecule has 0 spiro atoms. The monoisotopic (exact) mass is 381 g/mol. The summed E-state index contributed by atoms with van der Waals surface area (Å²) in [6, 6.07) is 0. The first kappa shape index (κ1) is 19.3. The summed E-state index contributed by atoms with van der Waals surface area (Å²) >= 11 is 0. The molecule has 0 aromatic rings. The Kier molecular flexibility index (Phi) is 4.47. The SMILES string of the molecule is C[SiH](C)[C@@]1(N2C=NC3(C(C)(C)C)C(=N)N=CN=C23)O[C@H](CO)[C@@H](O)[C@H]1O. The first-order valence-electron chi connectivity index (χ1n) is 8.73. The van der Waals surface area contributed by atoms with Crippen molar-refractivity contribution in [2.45, 2.75) is 63.1 Å². The van der Waals surface area contributed by atoms with Crippen molar-refractivity contribution in [2.75, 3.05) is 6.61 Å². The van der Waals surface area contributed by atoms with Crippen LogP contribution in [0.25, 0.3) is 0 Å². The largest absolute Gasteiger partial charge is 0.394 e. The van der Waals surface area contributed by atoms with Crippen LogP contribution >= 0.6 is 0 Å². The Labute approximate surface area is 154 Å². The van der Waals surface area contributed by atoms with Crippen LogP contribution in [0.15, 0.2) is 15.0 Å². The third-order valence-corrected chi connectivity index (χ3v) is 7.98. The fourth-order valence-electron chi connectivity index (χ4n) is 4.06. The van der Waals surface area contributed by atoms with E-state index >= 15 is 0 Å². The minimum atomic E-state index is -1.84. The predicted molar refractivity (Wildman–Crippen MR) is 102 cm³/mol. The fraction of sp³-hybridized carbons (Fsp3) is 0.750. The topological polar surface area (TPSA) is 134 Å². The first-order valence-corrected chi connectivity index (χ1v) is 11.6. The zero-order chi connectivity index (χ0) is 19.5. The summed E-state index contributed by atoms with van der Waals surface area (Å²) in [4.78, 5) is 14.8. The van der Waals surface area contributed by atoms with E-state index in [9.17, 15) is 15.3 Å². The predicted octanol–water partition coefficient (Wildman–Crippen LogP) is -0.632. The molecule has 1 fully saturated rings. The molecule has 0 saturated carbocycles. The van der Waals surface area contributed by atoms with Crippen LogP contribution in [-0.2, 0) is 4.74 Å². The maximum atomic E-state index is 10.9. The zero-order valence-electron chi connectivity index (χ0n) is 15.7. The third-order valence-electron chi connectivity index (χ3n) is 5.57. The second-order valence-corrected chi connectivity index (χ2v) is 11.4. The fourth-order valence-corrected chi connectivity index (χ4v) is 6.13.